The van der Waals surface area contributed by atoms with Crippen LogP contribution in [0.5, 0.6) is 0 Å². The molecule has 0 aliphatic heterocycles. The average molecular weight is 486 g/mol. The molecule has 6 heteroatoms. The molecule has 1 unspecified atom stereocenters. The first kappa shape index (κ1) is 23.7. The Hall–Kier alpha value is -1.31. The van der Waals surface area contributed by atoms with Crippen LogP contribution >= 0.6 is 24.0 Å². The standard InChI is InChI=1S/C21H34N4O.HI/c1-4-5-6-9-16(2)24-21(22-3)23-15-17-10-7-13-19(14-17)25-20(26)18-11-8-12-18;/h7,10,13-14,16,18H,4-6,8-9,11-12,15H2,1-3H3,(H,25,26)(H2,22,23,24);1H. The second-order valence-electron chi connectivity index (χ2n) is 7.28. The number of aliphatic imine (C=N–C) groups is 1. The minimum Gasteiger partial charge on any atom is -0.354 e. The van der Waals surface area contributed by atoms with E-state index in [1.54, 1.807) is 7.05 Å². The number of hydrogen-bond acceptors (Lipinski definition) is 2. The minimum absolute atomic E-state index is 0. The van der Waals surface area contributed by atoms with Gasteiger partial charge >= 0.3 is 0 Å². The van der Waals surface area contributed by atoms with Crippen LogP contribution in [0.3, 0.4) is 0 Å². The van der Waals surface area contributed by atoms with Crippen LogP contribution in [-0.4, -0.2) is 25.0 Å². The average Bonchev–Trinajstić information content (AvgIpc) is 2.57. The van der Waals surface area contributed by atoms with Gasteiger partial charge in [-0.3, -0.25) is 9.79 Å². The van der Waals surface area contributed by atoms with Crippen LogP contribution in [0.15, 0.2) is 29.3 Å². The van der Waals surface area contributed by atoms with E-state index in [-0.39, 0.29) is 35.8 Å². The predicted octanol–water partition coefficient (Wildman–Crippen LogP) is 4.68. The first-order valence-corrected chi connectivity index (χ1v) is 9.99. The predicted molar refractivity (Wildman–Crippen MR) is 125 cm³/mol. The van der Waals surface area contributed by atoms with Crippen molar-refractivity contribution in [2.24, 2.45) is 10.9 Å². The molecule has 1 aromatic carbocycles. The molecule has 152 valence electrons. The molecule has 1 aliphatic carbocycles. The third-order valence-electron chi connectivity index (χ3n) is 4.98. The summed E-state index contributed by atoms with van der Waals surface area (Å²) in [6.45, 7) is 5.09. The van der Waals surface area contributed by atoms with E-state index in [9.17, 15) is 4.79 Å². The lowest BCUT2D eigenvalue weighted by Crippen LogP contribution is -2.41. The molecular weight excluding hydrogens is 451 g/mol. The Kier molecular flexibility index (Phi) is 11.4. The Morgan fingerprint density at radius 2 is 2.07 bits per heavy atom. The maximum absolute atomic E-state index is 12.1. The molecule has 5 nitrogen and oxygen atoms in total. The molecular formula is C21H35IN4O. The van der Waals surface area contributed by atoms with Crippen LogP contribution in [0.1, 0.15) is 64.4 Å². The molecule has 1 atom stereocenters. The van der Waals surface area contributed by atoms with Crippen molar-refractivity contribution in [3.8, 4) is 0 Å². The van der Waals surface area contributed by atoms with Gasteiger partial charge in [0, 0.05) is 31.2 Å². The van der Waals surface area contributed by atoms with Crippen LogP contribution in [-0.2, 0) is 11.3 Å². The molecule has 1 saturated carbocycles. The van der Waals surface area contributed by atoms with E-state index < -0.39 is 0 Å². The molecule has 1 amide bonds. The SMILES string of the molecule is CCCCCC(C)NC(=NC)NCc1cccc(NC(=O)C2CCC2)c1.I. The van der Waals surface area contributed by atoms with Gasteiger partial charge in [0.2, 0.25) is 5.91 Å². The molecule has 0 heterocycles. The molecule has 3 N–H and O–H groups in total. The van der Waals surface area contributed by atoms with Crippen LogP contribution in [0.4, 0.5) is 5.69 Å². The number of halogens is 1. The van der Waals surface area contributed by atoms with Crippen molar-refractivity contribution >= 4 is 41.5 Å². The van der Waals surface area contributed by atoms with E-state index in [0.29, 0.717) is 12.6 Å². The summed E-state index contributed by atoms with van der Waals surface area (Å²) < 4.78 is 0. The van der Waals surface area contributed by atoms with Gasteiger partial charge in [-0.25, -0.2) is 0 Å². The summed E-state index contributed by atoms with van der Waals surface area (Å²) in [5.41, 5.74) is 2.00. The molecule has 27 heavy (non-hydrogen) atoms. The van der Waals surface area contributed by atoms with Gasteiger partial charge in [0.15, 0.2) is 5.96 Å². The van der Waals surface area contributed by atoms with Crippen molar-refractivity contribution < 1.29 is 4.79 Å². The van der Waals surface area contributed by atoms with Crippen LogP contribution in [0.2, 0.25) is 0 Å². The van der Waals surface area contributed by atoms with Gasteiger partial charge in [-0.1, -0.05) is 44.7 Å². The fourth-order valence-electron chi connectivity index (χ4n) is 3.06. The number of anilines is 1. The molecule has 0 aromatic heterocycles. The van der Waals surface area contributed by atoms with Gasteiger partial charge in [0.25, 0.3) is 0 Å². The Balaban J connectivity index is 0.00000364. The number of hydrogen-bond donors (Lipinski definition) is 3. The first-order chi connectivity index (χ1) is 12.6. The number of carbonyl (C=O) groups excluding carboxylic acids is 1. The van der Waals surface area contributed by atoms with Crippen molar-refractivity contribution in [1.29, 1.82) is 0 Å². The van der Waals surface area contributed by atoms with Gasteiger partial charge < -0.3 is 16.0 Å². The van der Waals surface area contributed by atoms with Crippen molar-refractivity contribution in [2.75, 3.05) is 12.4 Å². The summed E-state index contributed by atoms with van der Waals surface area (Å²) in [6, 6.07) is 8.42. The number of nitrogens with zero attached hydrogens (tertiary/aromatic N) is 1. The lowest BCUT2D eigenvalue weighted by Gasteiger charge is -2.24. The molecule has 2 rings (SSSR count). The summed E-state index contributed by atoms with van der Waals surface area (Å²) in [5, 5.41) is 9.83. The van der Waals surface area contributed by atoms with E-state index in [4.69, 9.17) is 0 Å². The zero-order chi connectivity index (χ0) is 18.8. The van der Waals surface area contributed by atoms with E-state index in [1.165, 1.54) is 25.7 Å². The quantitative estimate of drug-likeness (QED) is 0.206. The highest BCUT2D eigenvalue weighted by Crippen LogP contribution is 2.27. The highest BCUT2D eigenvalue weighted by molar-refractivity contribution is 14.0. The second-order valence-corrected chi connectivity index (χ2v) is 7.28. The fourth-order valence-corrected chi connectivity index (χ4v) is 3.06. The van der Waals surface area contributed by atoms with Crippen molar-refractivity contribution in [3.05, 3.63) is 29.8 Å². The fraction of sp³-hybridized carbons (Fsp3) is 0.619. The van der Waals surface area contributed by atoms with Crippen molar-refractivity contribution in [2.45, 2.75) is 71.4 Å². The number of rotatable bonds is 9. The van der Waals surface area contributed by atoms with Crippen LogP contribution < -0.4 is 16.0 Å². The number of unbranched alkanes of at least 4 members (excludes halogenated alkanes) is 2. The van der Waals surface area contributed by atoms with Crippen molar-refractivity contribution in [1.82, 2.24) is 10.6 Å². The third kappa shape index (κ3) is 8.49. The Morgan fingerprint density at radius 1 is 1.30 bits per heavy atom. The molecule has 1 aromatic rings. The van der Waals surface area contributed by atoms with E-state index in [0.717, 1.165) is 36.5 Å². The first-order valence-electron chi connectivity index (χ1n) is 9.99. The summed E-state index contributed by atoms with van der Waals surface area (Å²) in [6.07, 6.45) is 8.12. The molecule has 1 aliphatic rings. The summed E-state index contributed by atoms with van der Waals surface area (Å²) >= 11 is 0. The number of benzene rings is 1. The number of amides is 1. The number of nitrogens with one attached hydrogen (secondary N) is 3. The van der Waals surface area contributed by atoms with Crippen molar-refractivity contribution in [3.63, 3.8) is 0 Å². The molecule has 0 bridgehead atoms. The van der Waals surface area contributed by atoms with E-state index >= 15 is 0 Å². The zero-order valence-electron chi connectivity index (χ0n) is 16.9. The highest BCUT2D eigenvalue weighted by atomic mass is 127. The second kappa shape index (κ2) is 13.0. The summed E-state index contributed by atoms with van der Waals surface area (Å²) in [7, 11) is 1.80. The Morgan fingerprint density at radius 3 is 2.70 bits per heavy atom. The molecule has 0 radical (unpaired) electrons. The lowest BCUT2D eigenvalue weighted by molar-refractivity contribution is -0.122. The maximum Gasteiger partial charge on any atom is 0.227 e. The van der Waals surface area contributed by atoms with Gasteiger partial charge in [-0.15, -0.1) is 24.0 Å². The molecule has 0 saturated heterocycles. The summed E-state index contributed by atoms with van der Waals surface area (Å²) in [4.78, 5) is 16.4. The minimum atomic E-state index is 0. The van der Waals surface area contributed by atoms with E-state index in [2.05, 4.69) is 40.9 Å². The number of carbonyl (C=O) groups is 1. The monoisotopic (exact) mass is 486 g/mol. The maximum atomic E-state index is 12.1. The van der Waals surface area contributed by atoms with Gasteiger partial charge in [0.05, 0.1) is 0 Å². The topological polar surface area (TPSA) is 65.5 Å². The van der Waals surface area contributed by atoms with Crippen LogP contribution in [0, 0.1) is 5.92 Å². The molecule has 1 fully saturated rings. The van der Waals surface area contributed by atoms with Gasteiger partial charge in [-0.2, -0.15) is 0 Å². The van der Waals surface area contributed by atoms with Gasteiger partial charge in [-0.05, 0) is 43.9 Å². The Bertz CT molecular complexity index is 602. The van der Waals surface area contributed by atoms with Gasteiger partial charge in [0.1, 0.15) is 0 Å². The highest BCUT2D eigenvalue weighted by Gasteiger charge is 2.25. The normalized spacial score (nSPS) is 15.3. The van der Waals surface area contributed by atoms with E-state index in [1.807, 2.05) is 18.2 Å². The lowest BCUT2D eigenvalue weighted by atomic mass is 9.85. The Labute approximate surface area is 181 Å². The number of guanidine groups is 1. The largest absolute Gasteiger partial charge is 0.354 e. The zero-order valence-corrected chi connectivity index (χ0v) is 19.2. The molecule has 0 spiro atoms. The summed E-state index contributed by atoms with van der Waals surface area (Å²) in [5.74, 6) is 1.17. The smallest absolute Gasteiger partial charge is 0.227 e. The third-order valence-corrected chi connectivity index (χ3v) is 4.98. The van der Waals surface area contributed by atoms with Crippen LogP contribution in [0.25, 0.3) is 0 Å².